The minimum Gasteiger partial charge on any atom is -0.382 e. The molecular weight excluding hydrogens is 246 g/mol. The first-order valence-electron chi connectivity index (χ1n) is 7.10. The Hall–Kier alpha value is -2.03. The smallest absolute Gasteiger partial charge is 0.147 e. The van der Waals surface area contributed by atoms with Crippen LogP contribution in [0.1, 0.15) is 56.4 Å². The van der Waals surface area contributed by atoms with Gasteiger partial charge in [-0.2, -0.15) is 0 Å². The average molecular weight is 269 g/mol. The summed E-state index contributed by atoms with van der Waals surface area (Å²) in [5.41, 5.74) is 10.4. The molecule has 1 aromatic carbocycles. The number of aromatic amines is 1. The van der Waals surface area contributed by atoms with Crippen LogP contribution in [0.15, 0.2) is 41.5 Å². The van der Waals surface area contributed by atoms with Gasteiger partial charge in [-0.15, -0.1) is 0 Å². The fourth-order valence-corrected chi connectivity index (χ4v) is 2.08. The van der Waals surface area contributed by atoms with Crippen LogP contribution in [0.3, 0.4) is 0 Å². The van der Waals surface area contributed by atoms with Crippen molar-refractivity contribution in [2.75, 3.05) is 0 Å². The summed E-state index contributed by atoms with van der Waals surface area (Å²) in [6.45, 7) is 8.78. The number of nitrogens with one attached hydrogen (secondary N) is 1. The molecule has 0 saturated heterocycles. The minimum atomic E-state index is 0.481. The van der Waals surface area contributed by atoms with Gasteiger partial charge in [0.2, 0.25) is 0 Å². The lowest BCUT2D eigenvalue weighted by Gasteiger charge is -2.13. The van der Waals surface area contributed by atoms with E-state index in [4.69, 9.17) is 5.73 Å². The van der Waals surface area contributed by atoms with Gasteiger partial charge in [0.15, 0.2) is 0 Å². The molecular formula is C17H23N3. The van der Waals surface area contributed by atoms with Gasteiger partial charge in [0.25, 0.3) is 0 Å². The van der Waals surface area contributed by atoms with Gasteiger partial charge in [0.1, 0.15) is 5.84 Å². The maximum absolute atomic E-state index is 6.04. The lowest BCUT2D eigenvalue weighted by Crippen LogP contribution is -2.13. The molecule has 106 valence electrons. The molecule has 1 aromatic heterocycles. The van der Waals surface area contributed by atoms with Crippen molar-refractivity contribution >= 4 is 11.5 Å². The third-order valence-corrected chi connectivity index (χ3v) is 3.42. The molecule has 0 aliphatic rings. The SMILES string of the molecule is CC(C)c1cc(N=C(N)c2ccc[nH]2)cc(C(C)C)c1. The monoisotopic (exact) mass is 269 g/mol. The van der Waals surface area contributed by atoms with Crippen molar-refractivity contribution in [3.05, 3.63) is 53.3 Å². The van der Waals surface area contributed by atoms with Crippen molar-refractivity contribution in [2.24, 2.45) is 10.7 Å². The summed E-state index contributed by atoms with van der Waals surface area (Å²) in [6, 6.07) is 10.3. The Morgan fingerprint density at radius 1 is 1.05 bits per heavy atom. The molecule has 1 heterocycles. The Morgan fingerprint density at radius 2 is 1.65 bits per heavy atom. The van der Waals surface area contributed by atoms with Gasteiger partial charge < -0.3 is 10.7 Å². The highest BCUT2D eigenvalue weighted by Gasteiger charge is 2.08. The number of aromatic nitrogens is 1. The molecule has 2 aromatic rings. The Morgan fingerprint density at radius 3 is 2.10 bits per heavy atom. The third kappa shape index (κ3) is 3.29. The molecule has 3 heteroatoms. The fourth-order valence-electron chi connectivity index (χ4n) is 2.08. The molecule has 0 fully saturated rings. The van der Waals surface area contributed by atoms with E-state index in [1.165, 1.54) is 11.1 Å². The molecule has 0 aliphatic heterocycles. The van der Waals surface area contributed by atoms with E-state index in [1.54, 1.807) is 0 Å². The molecule has 0 radical (unpaired) electrons. The number of hydrogen-bond acceptors (Lipinski definition) is 1. The molecule has 2 rings (SSSR count). The lowest BCUT2D eigenvalue weighted by atomic mass is 9.95. The second-order valence-electron chi connectivity index (χ2n) is 5.75. The molecule has 0 amide bonds. The van der Waals surface area contributed by atoms with Crippen molar-refractivity contribution in [1.29, 1.82) is 0 Å². The van der Waals surface area contributed by atoms with Gasteiger partial charge in [0.05, 0.1) is 11.4 Å². The van der Waals surface area contributed by atoms with Gasteiger partial charge in [0, 0.05) is 6.20 Å². The largest absolute Gasteiger partial charge is 0.382 e. The predicted octanol–water partition coefficient (Wildman–Crippen LogP) is 4.30. The van der Waals surface area contributed by atoms with Crippen LogP contribution < -0.4 is 5.73 Å². The maximum Gasteiger partial charge on any atom is 0.147 e. The van der Waals surface area contributed by atoms with Crippen molar-refractivity contribution < 1.29 is 0 Å². The summed E-state index contributed by atoms with van der Waals surface area (Å²) in [6.07, 6.45) is 1.85. The van der Waals surface area contributed by atoms with Crippen LogP contribution in [0.4, 0.5) is 5.69 Å². The Labute approximate surface area is 120 Å². The van der Waals surface area contributed by atoms with E-state index in [9.17, 15) is 0 Å². The number of amidine groups is 1. The summed E-state index contributed by atoms with van der Waals surface area (Å²) in [5.74, 6) is 1.48. The molecule has 20 heavy (non-hydrogen) atoms. The highest BCUT2D eigenvalue weighted by molar-refractivity contribution is 5.97. The van der Waals surface area contributed by atoms with Gasteiger partial charge in [-0.1, -0.05) is 33.8 Å². The van der Waals surface area contributed by atoms with Gasteiger partial charge in [-0.05, 0) is 47.2 Å². The van der Waals surface area contributed by atoms with Crippen LogP contribution in [-0.4, -0.2) is 10.8 Å². The molecule has 3 N–H and O–H groups in total. The molecule has 3 nitrogen and oxygen atoms in total. The van der Waals surface area contributed by atoms with Crippen LogP contribution >= 0.6 is 0 Å². The molecule has 0 saturated carbocycles. The fraction of sp³-hybridized carbons (Fsp3) is 0.353. The topological polar surface area (TPSA) is 54.2 Å². The van der Waals surface area contributed by atoms with E-state index in [0.717, 1.165) is 11.4 Å². The predicted molar refractivity (Wildman–Crippen MR) is 85.8 cm³/mol. The Bertz CT molecular complexity index is 566. The maximum atomic E-state index is 6.04. The van der Waals surface area contributed by atoms with E-state index in [-0.39, 0.29) is 0 Å². The first-order valence-corrected chi connectivity index (χ1v) is 7.10. The van der Waals surface area contributed by atoms with E-state index in [0.29, 0.717) is 17.7 Å². The summed E-state index contributed by atoms with van der Waals surface area (Å²) in [5, 5.41) is 0. The number of benzene rings is 1. The standard InChI is InChI=1S/C17H23N3/c1-11(2)13-8-14(12(3)4)10-15(9-13)20-17(18)16-6-5-7-19-16/h5-12,19H,1-4H3,(H2,18,20). The average Bonchev–Trinajstić information content (AvgIpc) is 2.92. The summed E-state index contributed by atoms with van der Waals surface area (Å²) >= 11 is 0. The molecule has 0 atom stereocenters. The van der Waals surface area contributed by atoms with Gasteiger partial charge >= 0.3 is 0 Å². The molecule has 0 bridgehead atoms. The van der Waals surface area contributed by atoms with Crippen molar-refractivity contribution in [3.8, 4) is 0 Å². The molecule has 0 spiro atoms. The number of nitrogens with two attached hydrogens (primary N) is 1. The van der Waals surface area contributed by atoms with E-state index in [2.05, 4.69) is 55.9 Å². The quantitative estimate of drug-likeness (QED) is 0.631. The van der Waals surface area contributed by atoms with Crippen LogP contribution in [0.25, 0.3) is 0 Å². The van der Waals surface area contributed by atoms with E-state index < -0.39 is 0 Å². The van der Waals surface area contributed by atoms with Crippen molar-refractivity contribution in [2.45, 2.75) is 39.5 Å². The van der Waals surface area contributed by atoms with Crippen molar-refractivity contribution in [3.63, 3.8) is 0 Å². The Balaban J connectivity index is 2.43. The highest BCUT2D eigenvalue weighted by Crippen LogP contribution is 2.27. The first kappa shape index (κ1) is 14.4. The van der Waals surface area contributed by atoms with E-state index in [1.807, 2.05) is 18.3 Å². The minimum absolute atomic E-state index is 0.481. The summed E-state index contributed by atoms with van der Waals surface area (Å²) < 4.78 is 0. The van der Waals surface area contributed by atoms with Gasteiger partial charge in [-0.25, -0.2) is 4.99 Å². The van der Waals surface area contributed by atoms with Crippen LogP contribution in [0.5, 0.6) is 0 Å². The first-order chi connectivity index (χ1) is 9.47. The zero-order valence-corrected chi connectivity index (χ0v) is 12.6. The number of hydrogen-bond donors (Lipinski definition) is 2. The number of H-pyrrole nitrogens is 1. The summed E-state index contributed by atoms with van der Waals surface area (Å²) in [7, 11) is 0. The number of aliphatic imine (C=N–C) groups is 1. The van der Waals surface area contributed by atoms with Crippen LogP contribution in [0.2, 0.25) is 0 Å². The normalized spacial score (nSPS) is 12.4. The highest BCUT2D eigenvalue weighted by atomic mass is 14.9. The lowest BCUT2D eigenvalue weighted by molar-refractivity contribution is 0.834. The molecule has 0 unspecified atom stereocenters. The third-order valence-electron chi connectivity index (χ3n) is 3.42. The zero-order valence-electron chi connectivity index (χ0n) is 12.6. The van der Waals surface area contributed by atoms with Crippen molar-refractivity contribution in [1.82, 2.24) is 4.98 Å². The second kappa shape index (κ2) is 5.95. The summed E-state index contributed by atoms with van der Waals surface area (Å²) in [4.78, 5) is 7.63. The Kier molecular flexibility index (Phi) is 4.28. The van der Waals surface area contributed by atoms with Crippen LogP contribution in [0, 0.1) is 0 Å². The number of rotatable bonds is 4. The second-order valence-corrected chi connectivity index (χ2v) is 5.75. The zero-order chi connectivity index (χ0) is 14.7. The van der Waals surface area contributed by atoms with Crippen LogP contribution in [-0.2, 0) is 0 Å². The number of nitrogens with zero attached hydrogens (tertiary/aromatic N) is 1. The van der Waals surface area contributed by atoms with Gasteiger partial charge in [-0.3, -0.25) is 0 Å². The van der Waals surface area contributed by atoms with E-state index >= 15 is 0 Å². The molecule has 0 aliphatic carbocycles.